The van der Waals surface area contributed by atoms with Crippen molar-refractivity contribution < 1.29 is 32.2 Å². The van der Waals surface area contributed by atoms with Crippen LogP contribution in [-0.4, -0.2) is 72.3 Å². The molecule has 1 amide bonds. The highest BCUT2D eigenvalue weighted by atomic mass is 19.4. The van der Waals surface area contributed by atoms with Gasteiger partial charge in [-0.3, -0.25) is 14.5 Å². The number of hydrogen-bond donors (Lipinski definition) is 0. The maximum atomic E-state index is 13.0. The Bertz CT molecular complexity index is 689. The quantitative estimate of drug-likeness (QED) is 0.668. The summed E-state index contributed by atoms with van der Waals surface area (Å²) < 4.78 is 49.7. The Kier molecular flexibility index (Phi) is 7.65. The second kappa shape index (κ2) is 9.58. The number of carbonyl (C=O) groups excluding carboxylic acids is 2. The van der Waals surface area contributed by atoms with E-state index in [2.05, 4.69) is 0 Å². The van der Waals surface area contributed by atoms with Crippen molar-refractivity contribution in [2.24, 2.45) is 0 Å². The van der Waals surface area contributed by atoms with Crippen LogP contribution in [0.5, 0.6) is 0 Å². The normalized spacial score (nSPS) is 18.3. The first-order valence-corrected chi connectivity index (χ1v) is 9.40. The number of hydrogen-bond acceptors (Lipinski definition) is 5. The monoisotopic (exact) mass is 416 g/mol. The van der Waals surface area contributed by atoms with E-state index in [-0.39, 0.29) is 6.54 Å². The molecular formula is C20H27F3N2O4. The summed E-state index contributed by atoms with van der Waals surface area (Å²) in [6.45, 7) is 5.62. The molecule has 1 unspecified atom stereocenters. The summed E-state index contributed by atoms with van der Waals surface area (Å²) in [5.74, 6) is -2.97. The summed E-state index contributed by atoms with van der Waals surface area (Å²) in [4.78, 5) is 26.4. The van der Waals surface area contributed by atoms with E-state index >= 15 is 0 Å². The van der Waals surface area contributed by atoms with Gasteiger partial charge in [-0.2, -0.15) is 13.2 Å². The number of alkyl halides is 3. The van der Waals surface area contributed by atoms with E-state index in [9.17, 15) is 22.8 Å². The Morgan fingerprint density at radius 1 is 1.21 bits per heavy atom. The van der Waals surface area contributed by atoms with Crippen LogP contribution in [0, 0.1) is 0 Å². The molecule has 0 aliphatic carbocycles. The van der Waals surface area contributed by atoms with Crippen LogP contribution in [0.15, 0.2) is 30.3 Å². The zero-order chi connectivity index (χ0) is 21.7. The molecular weight excluding hydrogens is 389 g/mol. The van der Waals surface area contributed by atoms with Crippen LogP contribution in [0.3, 0.4) is 0 Å². The lowest BCUT2D eigenvalue weighted by Gasteiger charge is -2.36. The van der Waals surface area contributed by atoms with Crippen molar-refractivity contribution in [2.45, 2.75) is 45.2 Å². The summed E-state index contributed by atoms with van der Waals surface area (Å²) in [6.07, 6.45) is -5.72. The third-order valence-electron chi connectivity index (χ3n) is 4.17. The van der Waals surface area contributed by atoms with E-state index in [4.69, 9.17) is 9.47 Å². The lowest BCUT2D eigenvalue weighted by molar-refractivity contribution is -0.190. The van der Waals surface area contributed by atoms with E-state index in [0.29, 0.717) is 31.1 Å². The lowest BCUT2D eigenvalue weighted by atomic mass is 10.2. The third kappa shape index (κ3) is 8.02. The molecule has 1 aromatic carbocycles. The average molecular weight is 416 g/mol. The number of rotatable bonds is 6. The number of halogens is 3. The molecule has 162 valence electrons. The number of morpholine rings is 1. The van der Waals surface area contributed by atoms with Crippen molar-refractivity contribution in [1.82, 2.24) is 9.80 Å². The van der Waals surface area contributed by atoms with Crippen LogP contribution in [0.1, 0.15) is 26.3 Å². The molecule has 0 radical (unpaired) electrons. The maximum absolute atomic E-state index is 13.0. The summed E-state index contributed by atoms with van der Waals surface area (Å²) in [7, 11) is 0. The molecule has 1 fully saturated rings. The van der Waals surface area contributed by atoms with E-state index in [0.717, 1.165) is 5.56 Å². The Labute approximate surface area is 168 Å². The molecule has 0 bridgehead atoms. The molecule has 9 heteroatoms. The van der Waals surface area contributed by atoms with Gasteiger partial charge >= 0.3 is 18.1 Å². The Morgan fingerprint density at radius 3 is 2.45 bits per heavy atom. The topological polar surface area (TPSA) is 59.1 Å². The van der Waals surface area contributed by atoms with Crippen molar-refractivity contribution in [1.29, 1.82) is 0 Å². The molecule has 0 spiro atoms. The number of ether oxygens (including phenoxy) is 2. The van der Waals surface area contributed by atoms with Gasteiger partial charge in [-0.05, 0) is 26.3 Å². The molecule has 0 aromatic heterocycles. The molecule has 1 atom stereocenters. The van der Waals surface area contributed by atoms with Gasteiger partial charge in [-0.15, -0.1) is 0 Å². The van der Waals surface area contributed by atoms with Gasteiger partial charge in [-0.25, -0.2) is 0 Å². The first kappa shape index (κ1) is 23.2. The average Bonchev–Trinajstić information content (AvgIpc) is 2.59. The zero-order valence-electron chi connectivity index (χ0n) is 16.9. The SMILES string of the molecule is CC(C)(C)OC(=O)CN(CC1CN(Cc2ccccc2)CCO1)C(=O)C(F)(F)F. The Hall–Kier alpha value is -2.13. The van der Waals surface area contributed by atoms with Gasteiger partial charge in [0.15, 0.2) is 0 Å². The highest BCUT2D eigenvalue weighted by molar-refractivity contribution is 5.86. The van der Waals surface area contributed by atoms with Crippen LogP contribution >= 0.6 is 0 Å². The number of amides is 1. The second-order valence-electron chi connectivity index (χ2n) is 7.98. The molecule has 1 heterocycles. The molecule has 1 aliphatic rings. The minimum Gasteiger partial charge on any atom is -0.459 e. The Balaban J connectivity index is 2.02. The number of esters is 1. The van der Waals surface area contributed by atoms with Crippen LogP contribution < -0.4 is 0 Å². The van der Waals surface area contributed by atoms with Crippen molar-refractivity contribution in [3.05, 3.63) is 35.9 Å². The van der Waals surface area contributed by atoms with Crippen molar-refractivity contribution in [3.8, 4) is 0 Å². The summed E-state index contributed by atoms with van der Waals surface area (Å²) >= 11 is 0. The van der Waals surface area contributed by atoms with Crippen LogP contribution in [0.4, 0.5) is 13.2 Å². The summed E-state index contributed by atoms with van der Waals surface area (Å²) in [6, 6.07) is 9.66. The largest absolute Gasteiger partial charge is 0.471 e. The van der Waals surface area contributed by atoms with Crippen LogP contribution in [0.25, 0.3) is 0 Å². The fourth-order valence-electron chi connectivity index (χ4n) is 3.05. The molecule has 6 nitrogen and oxygen atoms in total. The van der Waals surface area contributed by atoms with Gasteiger partial charge in [0.2, 0.25) is 0 Å². The maximum Gasteiger partial charge on any atom is 0.471 e. The van der Waals surface area contributed by atoms with E-state index in [1.54, 1.807) is 20.8 Å². The molecule has 29 heavy (non-hydrogen) atoms. The predicted octanol–water partition coefficient (Wildman–Crippen LogP) is 2.62. The molecule has 1 aromatic rings. The lowest BCUT2D eigenvalue weighted by Crippen LogP contribution is -2.52. The summed E-state index contributed by atoms with van der Waals surface area (Å²) in [5.41, 5.74) is 0.211. The van der Waals surface area contributed by atoms with Crippen molar-refractivity contribution in [2.75, 3.05) is 32.8 Å². The van der Waals surface area contributed by atoms with Crippen LogP contribution in [-0.2, 0) is 25.6 Å². The van der Waals surface area contributed by atoms with Gasteiger partial charge < -0.3 is 14.4 Å². The smallest absolute Gasteiger partial charge is 0.459 e. The minimum atomic E-state index is -5.08. The fourth-order valence-corrected chi connectivity index (χ4v) is 3.05. The predicted molar refractivity (Wildman–Crippen MR) is 99.9 cm³/mol. The van der Waals surface area contributed by atoms with Gasteiger partial charge in [0.1, 0.15) is 12.1 Å². The fraction of sp³-hybridized carbons (Fsp3) is 0.600. The molecule has 2 rings (SSSR count). The number of nitrogens with zero attached hydrogens (tertiary/aromatic N) is 2. The number of benzene rings is 1. The van der Waals surface area contributed by atoms with Gasteiger partial charge in [0, 0.05) is 26.2 Å². The number of carbonyl (C=O) groups is 2. The van der Waals surface area contributed by atoms with Gasteiger partial charge in [-0.1, -0.05) is 30.3 Å². The minimum absolute atomic E-state index is 0.331. The first-order valence-electron chi connectivity index (χ1n) is 9.40. The third-order valence-corrected chi connectivity index (χ3v) is 4.17. The summed E-state index contributed by atoms with van der Waals surface area (Å²) in [5, 5.41) is 0. The molecule has 0 N–H and O–H groups in total. The van der Waals surface area contributed by atoms with Crippen molar-refractivity contribution >= 4 is 11.9 Å². The standard InChI is InChI=1S/C20H27F3N2O4/c1-19(2,3)29-17(26)14-25(18(27)20(21,22)23)13-16-12-24(9-10-28-16)11-15-7-5-4-6-8-15/h4-8,16H,9-14H2,1-3H3. The van der Waals surface area contributed by atoms with E-state index in [1.165, 1.54) is 0 Å². The van der Waals surface area contributed by atoms with E-state index < -0.39 is 36.3 Å². The second-order valence-corrected chi connectivity index (χ2v) is 7.98. The molecule has 0 saturated carbocycles. The van der Waals surface area contributed by atoms with Crippen molar-refractivity contribution in [3.63, 3.8) is 0 Å². The highest BCUT2D eigenvalue weighted by Crippen LogP contribution is 2.20. The first-order chi connectivity index (χ1) is 13.4. The van der Waals surface area contributed by atoms with E-state index in [1.807, 2.05) is 35.2 Å². The van der Waals surface area contributed by atoms with Crippen LogP contribution in [0.2, 0.25) is 0 Å². The van der Waals surface area contributed by atoms with Gasteiger partial charge in [0.25, 0.3) is 0 Å². The molecule has 1 saturated heterocycles. The molecule has 1 aliphatic heterocycles. The Morgan fingerprint density at radius 2 is 1.86 bits per heavy atom. The zero-order valence-corrected chi connectivity index (χ0v) is 16.9. The highest BCUT2D eigenvalue weighted by Gasteiger charge is 2.44. The van der Waals surface area contributed by atoms with Gasteiger partial charge in [0.05, 0.1) is 12.7 Å².